The number of carbonyl (C=O) groups excluding carboxylic acids is 2. The predicted octanol–water partition coefficient (Wildman–Crippen LogP) is 2.27. The maximum absolute atomic E-state index is 13.6. The van der Waals surface area contributed by atoms with E-state index in [0.717, 1.165) is 24.8 Å². The molecule has 0 bridgehead atoms. The summed E-state index contributed by atoms with van der Waals surface area (Å²) in [6, 6.07) is 4.42. The zero-order chi connectivity index (χ0) is 18.0. The van der Waals surface area contributed by atoms with Crippen molar-refractivity contribution in [3.8, 4) is 0 Å². The van der Waals surface area contributed by atoms with Crippen LogP contribution in [0.4, 0.5) is 4.39 Å². The molecule has 2 aliphatic heterocycles. The first-order valence-electron chi connectivity index (χ1n) is 9.02. The van der Waals surface area contributed by atoms with Crippen molar-refractivity contribution in [1.82, 2.24) is 4.90 Å². The van der Waals surface area contributed by atoms with E-state index in [1.807, 2.05) is 6.92 Å². The van der Waals surface area contributed by atoms with Crippen LogP contribution in [0.15, 0.2) is 18.2 Å². The van der Waals surface area contributed by atoms with Gasteiger partial charge in [-0.15, -0.1) is 0 Å². The molecule has 0 spiro atoms. The normalized spacial score (nSPS) is 24.5. The SMILES string of the molecule is CCc1ccc(F)cc1C(=O)N1CCC([C@@H]2CC[C@H](C(N)=O)O2)CC1. The van der Waals surface area contributed by atoms with Crippen molar-refractivity contribution in [2.45, 2.75) is 51.2 Å². The Morgan fingerprint density at radius 1 is 1.24 bits per heavy atom. The molecule has 2 fully saturated rings. The van der Waals surface area contributed by atoms with Crippen LogP contribution in [-0.4, -0.2) is 42.0 Å². The van der Waals surface area contributed by atoms with Crippen LogP contribution in [0.1, 0.15) is 48.5 Å². The summed E-state index contributed by atoms with van der Waals surface area (Å²) in [7, 11) is 0. The minimum absolute atomic E-state index is 0.0510. The van der Waals surface area contributed by atoms with Crippen LogP contribution in [0.2, 0.25) is 0 Å². The second-order valence-electron chi connectivity index (χ2n) is 6.93. The molecule has 0 radical (unpaired) electrons. The third-order valence-corrected chi connectivity index (χ3v) is 5.41. The van der Waals surface area contributed by atoms with Gasteiger partial charge in [0.05, 0.1) is 6.10 Å². The predicted molar refractivity (Wildman–Crippen MR) is 91.5 cm³/mol. The molecule has 2 saturated heterocycles. The summed E-state index contributed by atoms with van der Waals surface area (Å²) in [6.45, 7) is 3.22. The first-order valence-corrected chi connectivity index (χ1v) is 9.02. The number of nitrogens with two attached hydrogens (primary N) is 1. The second-order valence-corrected chi connectivity index (χ2v) is 6.93. The van der Waals surface area contributed by atoms with Crippen LogP contribution in [0, 0.1) is 11.7 Å². The van der Waals surface area contributed by atoms with Crippen molar-refractivity contribution >= 4 is 11.8 Å². The third kappa shape index (κ3) is 3.84. The summed E-state index contributed by atoms with van der Waals surface area (Å²) in [5.74, 6) is -0.538. The van der Waals surface area contributed by atoms with Gasteiger partial charge in [0.15, 0.2) is 0 Å². The van der Waals surface area contributed by atoms with Gasteiger partial charge in [0, 0.05) is 18.7 Å². The molecule has 2 aliphatic rings. The molecular formula is C19H25FN2O3. The molecule has 2 atom stereocenters. The van der Waals surface area contributed by atoms with E-state index >= 15 is 0 Å². The van der Waals surface area contributed by atoms with E-state index in [1.54, 1.807) is 11.0 Å². The number of ether oxygens (including phenoxy) is 1. The summed E-state index contributed by atoms with van der Waals surface area (Å²) >= 11 is 0. The average molecular weight is 348 g/mol. The van der Waals surface area contributed by atoms with Gasteiger partial charge in [-0.25, -0.2) is 4.39 Å². The standard InChI is InChI=1S/C19H25FN2O3/c1-2-12-3-4-14(20)11-15(12)19(24)22-9-7-13(8-10-22)16-5-6-17(25-16)18(21)23/h3-4,11,13,16-17H,2,5-10H2,1H3,(H2,21,23)/t16-,17+/m0/s1. The molecule has 5 nitrogen and oxygen atoms in total. The minimum Gasteiger partial charge on any atom is -0.367 e. The van der Waals surface area contributed by atoms with Gasteiger partial charge in [-0.1, -0.05) is 13.0 Å². The lowest BCUT2D eigenvalue weighted by molar-refractivity contribution is -0.130. The fourth-order valence-corrected chi connectivity index (χ4v) is 3.92. The van der Waals surface area contributed by atoms with Crippen LogP contribution in [0.25, 0.3) is 0 Å². The average Bonchev–Trinajstić information content (AvgIpc) is 3.11. The third-order valence-electron chi connectivity index (χ3n) is 5.41. The molecule has 0 aliphatic carbocycles. The van der Waals surface area contributed by atoms with Gasteiger partial charge in [0.25, 0.3) is 5.91 Å². The fraction of sp³-hybridized carbons (Fsp3) is 0.579. The number of aryl methyl sites for hydroxylation is 1. The topological polar surface area (TPSA) is 72.6 Å². The maximum Gasteiger partial charge on any atom is 0.254 e. The van der Waals surface area contributed by atoms with Crippen molar-refractivity contribution in [2.24, 2.45) is 11.7 Å². The van der Waals surface area contributed by atoms with Crippen molar-refractivity contribution in [3.63, 3.8) is 0 Å². The molecule has 136 valence electrons. The van der Waals surface area contributed by atoms with Crippen LogP contribution in [0.3, 0.4) is 0 Å². The smallest absolute Gasteiger partial charge is 0.254 e. The maximum atomic E-state index is 13.6. The Balaban J connectivity index is 1.60. The summed E-state index contributed by atoms with van der Waals surface area (Å²) < 4.78 is 19.3. The molecule has 0 aromatic heterocycles. The molecular weight excluding hydrogens is 323 g/mol. The molecule has 0 unspecified atom stereocenters. The van der Waals surface area contributed by atoms with E-state index in [1.165, 1.54) is 12.1 Å². The van der Waals surface area contributed by atoms with E-state index < -0.39 is 12.0 Å². The molecule has 3 rings (SSSR count). The first-order chi connectivity index (χ1) is 12.0. The summed E-state index contributed by atoms with van der Waals surface area (Å²) in [4.78, 5) is 25.8. The number of primary amides is 1. The first kappa shape index (κ1) is 17.9. The van der Waals surface area contributed by atoms with Gasteiger partial charge in [-0.3, -0.25) is 9.59 Å². The lowest BCUT2D eigenvalue weighted by Gasteiger charge is -2.35. The number of hydrogen-bond donors (Lipinski definition) is 1. The number of nitrogens with zero attached hydrogens (tertiary/aromatic N) is 1. The molecule has 2 N–H and O–H groups in total. The number of benzene rings is 1. The minimum atomic E-state index is -0.468. The number of hydrogen-bond acceptors (Lipinski definition) is 3. The zero-order valence-electron chi connectivity index (χ0n) is 14.5. The highest BCUT2D eigenvalue weighted by atomic mass is 19.1. The summed E-state index contributed by atoms with van der Waals surface area (Å²) in [6.07, 6.45) is 3.47. The lowest BCUT2D eigenvalue weighted by atomic mass is 9.89. The van der Waals surface area contributed by atoms with E-state index in [9.17, 15) is 14.0 Å². The highest BCUT2D eigenvalue weighted by Crippen LogP contribution is 2.32. The molecule has 1 aromatic rings. The van der Waals surface area contributed by atoms with E-state index in [-0.39, 0.29) is 17.8 Å². The highest BCUT2D eigenvalue weighted by Gasteiger charge is 2.36. The van der Waals surface area contributed by atoms with Crippen LogP contribution in [-0.2, 0) is 16.0 Å². The Morgan fingerprint density at radius 2 is 1.96 bits per heavy atom. The molecule has 0 saturated carbocycles. The number of likely N-dealkylation sites (tertiary alicyclic amines) is 1. The fourth-order valence-electron chi connectivity index (χ4n) is 3.92. The lowest BCUT2D eigenvalue weighted by Crippen LogP contribution is -2.42. The monoisotopic (exact) mass is 348 g/mol. The van der Waals surface area contributed by atoms with Crippen LogP contribution < -0.4 is 5.73 Å². The van der Waals surface area contributed by atoms with Gasteiger partial charge >= 0.3 is 0 Å². The van der Waals surface area contributed by atoms with Gasteiger partial charge in [0.2, 0.25) is 5.91 Å². The Bertz CT molecular complexity index is 656. The number of piperidine rings is 1. The van der Waals surface area contributed by atoms with Gasteiger partial charge in [-0.2, -0.15) is 0 Å². The summed E-state index contributed by atoms with van der Waals surface area (Å²) in [5.41, 5.74) is 6.64. The highest BCUT2D eigenvalue weighted by molar-refractivity contribution is 5.95. The zero-order valence-corrected chi connectivity index (χ0v) is 14.5. The van der Waals surface area contributed by atoms with Gasteiger partial charge in [-0.05, 0) is 55.7 Å². The Kier molecular flexibility index (Phi) is 5.37. The Morgan fingerprint density at radius 3 is 2.56 bits per heavy atom. The molecule has 2 heterocycles. The van der Waals surface area contributed by atoms with Crippen LogP contribution in [0.5, 0.6) is 0 Å². The number of rotatable bonds is 4. The quantitative estimate of drug-likeness (QED) is 0.907. The van der Waals surface area contributed by atoms with E-state index in [0.29, 0.717) is 37.4 Å². The van der Waals surface area contributed by atoms with E-state index in [2.05, 4.69) is 0 Å². The second kappa shape index (κ2) is 7.52. The van der Waals surface area contributed by atoms with Crippen molar-refractivity contribution < 1.29 is 18.7 Å². The molecule has 25 heavy (non-hydrogen) atoms. The Labute approximate surface area is 147 Å². The van der Waals surface area contributed by atoms with Crippen molar-refractivity contribution in [1.29, 1.82) is 0 Å². The van der Waals surface area contributed by atoms with Gasteiger partial charge < -0.3 is 15.4 Å². The van der Waals surface area contributed by atoms with Crippen molar-refractivity contribution in [2.75, 3.05) is 13.1 Å². The van der Waals surface area contributed by atoms with Crippen LogP contribution >= 0.6 is 0 Å². The molecule has 1 aromatic carbocycles. The number of carbonyl (C=O) groups is 2. The Hall–Kier alpha value is -1.95. The molecule has 6 heteroatoms. The summed E-state index contributed by atoms with van der Waals surface area (Å²) in [5, 5.41) is 0. The largest absolute Gasteiger partial charge is 0.367 e. The molecule has 2 amide bonds. The van der Waals surface area contributed by atoms with E-state index in [4.69, 9.17) is 10.5 Å². The number of halogens is 1. The van der Waals surface area contributed by atoms with Crippen molar-refractivity contribution in [3.05, 3.63) is 35.1 Å². The number of amides is 2. The van der Waals surface area contributed by atoms with Gasteiger partial charge in [0.1, 0.15) is 11.9 Å².